The van der Waals surface area contributed by atoms with Crippen LogP contribution in [0.1, 0.15) is 11.1 Å². The number of phenols is 2. The summed E-state index contributed by atoms with van der Waals surface area (Å²) in [5, 5.41) is 47.9. The van der Waals surface area contributed by atoms with Crippen LogP contribution in [0, 0.1) is 0 Å². The van der Waals surface area contributed by atoms with Gasteiger partial charge >= 0.3 is 0 Å². The molecule has 0 spiro atoms. The Morgan fingerprint density at radius 2 is 1.46 bits per heavy atom. The molecule has 0 aromatic heterocycles. The maximum Gasteiger partial charge on any atom is 0.228 e. The molecule has 5 N–H and O–H groups in total. The van der Waals surface area contributed by atoms with Crippen molar-refractivity contribution in [3.8, 4) is 17.2 Å². The van der Waals surface area contributed by atoms with Crippen LogP contribution in [0.4, 0.5) is 0 Å². The molecule has 1 saturated heterocycles. The van der Waals surface area contributed by atoms with E-state index < -0.39 is 24.6 Å². The Balaban J connectivity index is 1.64. The molecule has 1 aliphatic heterocycles. The van der Waals surface area contributed by atoms with Crippen molar-refractivity contribution in [3.05, 3.63) is 53.6 Å². The van der Waals surface area contributed by atoms with E-state index in [0.717, 1.165) is 5.56 Å². The molecule has 7 heteroatoms. The first-order valence-corrected chi connectivity index (χ1v) is 8.06. The molecule has 1 aliphatic rings. The van der Waals surface area contributed by atoms with Gasteiger partial charge in [0.05, 0.1) is 6.61 Å². The van der Waals surface area contributed by atoms with E-state index in [1.165, 1.54) is 18.2 Å². The monoisotopic (exact) mass is 360 g/mol. The lowest BCUT2D eigenvalue weighted by molar-refractivity contribution is -0.242. The van der Waals surface area contributed by atoms with Crippen molar-refractivity contribution in [1.29, 1.82) is 0 Å². The smallest absolute Gasteiger partial charge is 0.228 e. The molecule has 4 atom stereocenters. The third kappa shape index (κ3) is 4.33. The molecule has 1 fully saturated rings. The van der Waals surface area contributed by atoms with Crippen molar-refractivity contribution in [2.45, 2.75) is 24.6 Å². The summed E-state index contributed by atoms with van der Waals surface area (Å²) in [5.41, 5.74) is 1.50. The first-order chi connectivity index (χ1) is 12.4. The van der Waals surface area contributed by atoms with Gasteiger partial charge in [0.2, 0.25) is 6.29 Å². The summed E-state index contributed by atoms with van der Waals surface area (Å²) >= 11 is 0. The predicted octanol–water partition coefficient (Wildman–Crippen LogP) is 1.09. The van der Waals surface area contributed by atoms with E-state index in [0.29, 0.717) is 11.3 Å². The lowest BCUT2D eigenvalue weighted by atomic mass is 10.1. The molecule has 0 amide bonds. The largest absolute Gasteiger partial charge is 0.508 e. The summed E-state index contributed by atoms with van der Waals surface area (Å²) in [6, 6.07) is 11.2. The van der Waals surface area contributed by atoms with Crippen LogP contribution in [-0.2, 0) is 4.74 Å². The standard InChI is InChI=1S/C19H20O7/c20-13-7-12(8-14(21)9-13)2-1-11-3-5-15(6-4-11)26-19-18(24)17(23)16(22)10-25-19/h1-9,16-24H,10H2/b2-1+/t16-,17+,18-,19-/m1/s1. The number of hydrogen-bond acceptors (Lipinski definition) is 7. The SMILES string of the molecule is Oc1cc(O)cc(/C=C/c2ccc(O[C@H]3OC[C@@H](O)[C@H](O)[C@H]3O)cc2)c1. The van der Waals surface area contributed by atoms with Gasteiger partial charge in [0.15, 0.2) is 0 Å². The number of benzene rings is 2. The molecule has 138 valence electrons. The van der Waals surface area contributed by atoms with E-state index >= 15 is 0 Å². The average molecular weight is 360 g/mol. The van der Waals surface area contributed by atoms with Crippen LogP contribution < -0.4 is 4.74 Å². The van der Waals surface area contributed by atoms with Crippen molar-refractivity contribution < 1.29 is 35.0 Å². The Labute approximate surface area is 150 Å². The van der Waals surface area contributed by atoms with Gasteiger partial charge in [-0.25, -0.2) is 0 Å². The molecule has 1 heterocycles. The van der Waals surface area contributed by atoms with Crippen LogP contribution in [0.25, 0.3) is 12.2 Å². The van der Waals surface area contributed by atoms with Crippen molar-refractivity contribution in [3.63, 3.8) is 0 Å². The van der Waals surface area contributed by atoms with E-state index in [-0.39, 0.29) is 18.1 Å². The molecule has 2 aromatic carbocycles. The van der Waals surface area contributed by atoms with Gasteiger partial charge in [0.1, 0.15) is 35.6 Å². The van der Waals surface area contributed by atoms with Crippen LogP contribution in [0.2, 0.25) is 0 Å². The Bertz CT molecular complexity index is 752. The summed E-state index contributed by atoms with van der Waals surface area (Å²) in [6.45, 7) is -0.125. The summed E-state index contributed by atoms with van der Waals surface area (Å²) in [6.07, 6.45) is -1.35. The minimum absolute atomic E-state index is 0.0215. The summed E-state index contributed by atoms with van der Waals surface area (Å²) < 4.78 is 10.7. The molecule has 2 aromatic rings. The van der Waals surface area contributed by atoms with Gasteiger partial charge in [-0.15, -0.1) is 0 Å². The fourth-order valence-electron chi connectivity index (χ4n) is 2.58. The number of aliphatic hydroxyl groups excluding tert-OH is 3. The number of hydrogen-bond donors (Lipinski definition) is 5. The van der Waals surface area contributed by atoms with E-state index in [1.54, 1.807) is 36.4 Å². The molecule has 0 bridgehead atoms. The van der Waals surface area contributed by atoms with E-state index in [2.05, 4.69) is 0 Å². The van der Waals surface area contributed by atoms with E-state index in [1.807, 2.05) is 0 Å². The zero-order valence-corrected chi connectivity index (χ0v) is 13.8. The highest BCUT2D eigenvalue weighted by Crippen LogP contribution is 2.23. The summed E-state index contributed by atoms with van der Waals surface area (Å²) in [4.78, 5) is 0. The number of ether oxygens (including phenoxy) is 2. The summed E-state index contributed by atoms with van der Waals surface area (Å²) in [5.74, 6) is 0.392. The molecular weight excluding hydrogens is 340 g/mol. The zero-order valence-electron chi connectivity index (χ0n) is 13.8. The van der Waals surface area contributed by atoms with Crippen LogP contribution in [0.3, 0.4) is 0 Å². The van der Waals surface area contributed by atoms with Crippen LogP contribution in [0.5, 0.6) is 17.2 Å². The highest BCUT2D eigenvalue weighted by Gasteiger charge is 2.38. The second-order valence-corrected chi connectivity index (χ2v) is 6.05. The molecule has 0 radical (unpaired) electrons. The number of phenolic OH excluding ortho intramolecular Hbond substituents is 2. The third-order valence-corrected chi connectivity index (χ3v) is 3.98. The fourth-order valence-corrected chi connectivity index (χ4v) is 2.58. The second kappa shape index (κ2) is 7.76. The normalized spacial score (nSPS) is 26.1. The van der Waals surface area contributed by atoms with Crippen LogP contribution in [0.15, 0.2) is 42.5 Å². The van der Waals surface area contributed by atoms with Crippen molar-refractivity contribution in [2.24, 2.45) is 0 Å². The maximum absolute atomic E-state index is 9.87. The predicted molar refractivity (Wildman–Crippen MR) is 93.5 cm³/mol. The summed E-state index contributed by atoms with van der Waals surface area (Å²) in [7, 11) is 0. The van der Waals surface area contributed by atoms with Gasteiger partial charge in [-0.1, -0.05) is 24.3 Å². The van der Waals surface area contributed by atoms with Gasteiger partial charge in [0, 0.05) is 6.07 Å². The number of aliphatic hydroxyl groups is 3. The molecule has 3 rings (SSSR count). The van der Waals surface area contributed by atoms with Crippen molar-refractivity contribution >= 4 is 12.2 Å². The molecule has 0 saturated carbocycles. The van der Waals surface area contributed by atoms with Gasteiger partial charge in [-0.05, 0) is 35.4 Å². The minimum Gasteiger partial charge on any atom is -0.508 e. The molecule has 0 aliphatic carbocycles. The van der Waals surface area contributed by atoms with Gasteiger partial charge < -0.3 is 35.0 Å². The molecule has 7 nitrogen and oxygen atoms in total. The molecule has 26 heavy (non-hydrogen) atoms. The van der Waals surface area contributed by atoms with Crippen LogP contribution >= 0.6 is 0 Å². The van der Waals surface area contributed by atoms with Crippen molar-refractivity contribution in [2.75, 3.05) is 6.61 Å². The number of rotatable bonds is 4. The lowest BCUT2D eigenvalue weighted by Crippen LogP contribution is -2.54. The van der Waals surface area contributed by atoms with Gasteiger partial charge in [-0.3, -0.25) is 0 Å². The molecule has 0 unspecified atom stereocenters. The average Bonchev–Trinajstić information content (AvgIpc) is 2.61. The minimum atomic E-state index is -1.35. The zero-order chi connectivity index (χ0) is 18.7. The Morgan fingerprint density at radius 3 is 2.12 bits per heavy atom. The first kappa shape index (κ1) is 18.2. The topological polar surface area (TPSA) is 120 Å². The lowest BCUT2D eigenvalue weighted by Gasteiger charge is -2.34. The van der Waals surface area contributed by atoms with Gasteiger partial charge in [0.25, 0.3) is 0 Å². The fraction of sp³-hybridized carbons (Fsp3) is 0.263. The van der Waals surface area contributed by atoms with E-state index in [4.69, 9.17) is 9.47 Å². The van der Waals surface area contributed by atoms with Gasteiger partial charge in [-0.2, -0.15) is 0 Å². The Hall–Kier alpha value is -2.58. The van der Waals surface area contributed by atoms with Crippen molar-refractivity contribution in [1.82, 2.24) is 0 Å². The molecular formula is C19H20O7. The first-order valence-electron chi connectivity index (χ1n) is 8.06. The third-order valence-electron chi connectivity index (χ3n) is 3.98. The van der Waals surface area contributed by atoms with Crippen LogP contribution in [-0.4, -0.2) is 56.7 Å². The highest BCUT2D eigenvalue weighted by atomic mass is 16.7. The second-order valence-electron chi connectivity index (χ2n) is 6.05. The maximum atomic E-state index is 9.87. The highest BCUT2D eigenvalue weighted by molar-refractivity contribution is 5.71. The Kier molecular flexibility index (Phi) is 5.43. The number of aromatic hydroxyl groups is 2. The quantitative estimate of drug-likeness (QED) is 0.518. The van der Waals surface area contributed by atoms with E-state index in [9.17, 15) is 25.5 Å². The Morgan fingerprint density at radius 1 is 0.846 bits per heavy atom.